The number of alkyl halides is 1. The first-order valence-corrected chi connectivity index (χ1v) is 4.13. The molecular formula is C8H17FO2. The summed E-state index contributed by atoms with van der Waals surface area (Å²) < 4.78 is 21.5. The van der Waals surface area contributed by atoms with Gasteiger partial charge in [-0.15, -0.1) is 0 Å². The minimum Gasteiger partial charge on any atom is -0.379 e. The molecule has 0 saturated carbocycles. The summed E-state index contributed by atoms with van der Waals surface area (Å²) in [5.74, 6) is 0. The van der Waals surface area contributed by atoms with Gasteiger partial charge in [0.05, 0.1) is 19.8 Å². The van der Waals surface area contributed by atoms with Gasteiger partial charge in [0.15, 0.2) is 0 Å². The maximum atomic E-state index is 11.5. The summed E-state index contributed by atoms with van der Waals surface area (Å²) >= 11 is 0. The van der Waals surface area contributed by atoms with E-state index in [0.717, 1.165) is 19.4 Å². The summed E-state index contributed by atoms with van der Waals surface area (Å²) in [5, 5.41) is 0. The van der Waals surface area contributed by atoms with Crippen LogP contribution in [0.5, 0.6) is 0 Å². The highest BCUT2D eigenvalue weighted by Crippen LogP contribution is 1.87. The lowest BCUT2D eigenvalue weighted by molar-refractivity contribution is 0.0419. The van der Waals surface area contributed by atoms with Crippen LogP contribution >= 0.6 is 0 Å². The first-order valence-electron chi connectivity index (χ1n) is 4.13. The molecule has 0 aromatic rings. The maximum Gasteiger partial charge on any atom is 0.113 e. The maximum absolute atomic E-state index is 11.5. The predicted molar refractivity (Wildman–Crippen MR) is 42.5 cm³/mol. The van der Waals surface area contributed by atoms with Crippen LogP contribution in [0.2, 0.25) is 0 Å². The Morgan fingerprint density at radius 3 is 2.18 bits per heavy atom. The van der Waals surface area contributed by atoms with Gasteiger partial charge in [-0.2, -0.15) is 0 Å². The summed E-state index contributed by atoms with van der Waals surface area (Å²) in [6, 6.07) is 0. The van der Waals surface area contributed by atoms with Crippen LogP contribution in [-0.4, -0.2) is 33.1 Å². The number of rotatable bonds is 8. The van der Waals surface area contributed by atoms with Gasteiger partial charge in [-0.05, 0) is 6.42 Å². The highest BCUT2D eigenvalue weighted by Gasteiger charge is 1.88. The van der Waals surface area contributed by atoms with E-state index in [-0.39, 0.29) is 6.61 Å². The molecule has 0 N–H and O–H groups in total. The average molecular weight is 164 g/mol. The zero-order valence-electron chi connectivity index (χ0n) is 7.14. The molecule has 0 aromatic heterocycles. The Morgan fingerprint density at radius 1 is 1.00 bits per heavy atom. The van der Waals surface area contributed by atoms with E-state index in [1.54, 1.807) is 0 Å². The van der Waals surface area contributed by atoms with Crippen LogP contribution in [0.3, 0.4) is 0 Å². The second-order valence-corrected chi connectivity index (χ2v) is 2.27. The fourth-order valence-electron chi connectivity index (χ4n) is 0.623. The Morgan fingerprint density at radius 2 is 1.64 bits per heavy atom. The Hall–Kier alpha value is -0.150. The van der Waals surface area contributed by atoms with Gasteiger partial charge >= 0.3 is 0 Å². The molecule has 0 rings (SSSR count). The lowest BCUT2D eigenvalue weighted by Crippen LogP contribution is -2.06. The van der Waals surface area contributed by atoms with Crippen molar-refractivity contribution < 1.29 is 13.9 Å². The number of ether oxygens (including phenoxy) is 2. The van der Waals surface area contributed by atoms with E-state index in [9.17, 15) is 4.39 Å². The van der Waals surface area contributed by atoms with Gasteiger partial charge in [0.1, 0.15) is 6.67 Å². The molecule has 0 heterocycles. The molecule has 0 radical (unpaired) electrons. The normalized spacial score (nSPS) is 10.4. The van der Waals surface area contributed by atoms with Gasteiger partial charge in [0, 0.05) is 6.61 Å². The fourth-order valence-corrected chi connectivity index (χ4v) is 0.623. The van der Waals surface area contributed by atoms with Crippen molar-refractivity contribution in [3.8, 4) is 0 Å². The molecule has 0 spiro atoms. The molecule has 0 aromatic carbocycles. The zero-order valence-corrected chi connectivity index (χ0v) is 7.14. The van der Waals surface area contributed by atoms with Crippen LogP contribution in [0.4, 0.5) is 4.39 Å². The van der Waals surface area contributed by atoms with Crippen molar-refractivity contribution in [1.82, 2.24) is 0 Å². The predicted octanol–water partition coefficient (Wildman–Crippen LogP) is 1.79. The largest absolute Gasteiger partial charge is 0.379 e. The summed E-state index contributed by atoms with van der Waals surface area (Å²) in [7, 11) is 0. The lowest BCUT2D eigenvalue weighted by atomic mass is 10.4. The number of hydrogen-bond donors (Lipinski definition) is 0. The van der Waals surface area contributed by atoms with E-state index < -0.39 is 6.67 Å². The molecule has 0 aliphatic heterocycles. The highest BCUT2D eigenvalue weighted by atomic mass is 19.1. The second-order valence-electron chi connectivity index (χ2n) is 2.27. The molecule has 0 fully saturated rings. The third kappa shape index (κ3) is 9.85. The topological polar surface area (TPSA) is 18.5 Å². The Labute approximate surface area is 67.7 Å². The minimum atomic E-state index is -0.408. The molecule has 11 heavy (non-hydrogen) atoms. The molecule has 0 amide bonds. The standard InChI is InChI=1S/C8H17FO2/c1-2-3-5-10-7-8-11-6-4-9/h2-8H2,1H3. The van der Waals surface area contributed by atoms with Crippen molar-refractivity contribution in [3.63, 3.8) is 0 Å². The van der Waals surface area contributed by atoms with Gasteiger partial charge in [-0.3, -0.25) is 0 Å². The number of unbranched alkanes of at least 4 members (excludes halogenated alkanes) is 1. The van der Waals surface area contributed by atoms with Crippen molar-refractivity contribution in [2.45, 2.75) is 19.8 Å². The average Bonchev–Trinajstić information content (AvgIpc) is 2.03. The van der Waals surface area contributed by atoms with Crippen LogP contribution in [0.25, 0.3) is 0 Å². The number of hydrogen-bond acceptors (Lipinski definition) is 2. The molecule has 0 bridgehead atoms. The van der Waals surface area contributed by atoms with E-state index in [0.29, 0.717) is 13.2 Å². The van der Waals surface area contributed by atoms with E-state index >= 15 is 0 Å². The van der Waals surface area contributed by atoms with Gasteiger partial charge in [-0.25, -0.2) is 4.39 Å². The highest BCUT2D eigenvalue weighted by molar-refractivity contribution is 4.33. The van der Waals surface area contributed by atoms with Gasteiger partial charge in [-0.1, -0.05) is 13.3 Å². The monoisotopic (exact) mass is 164 g/mol. The summed E-state index contributed by atoms with van der Waals surface area (Å²) in [6.45, 7) is 3.78. The van der Waals surface area contributed by atoms with Gasteiger partial charge < -0.3 is 9.47 Å². The van der Waals surface area contributed by atoms with Crippen LogP contribution in [0.15, 0.2) is 0 Å². The molecule has 3 heteroatoms. The van der Waals surface area contributed by atoms with Crippen LogP contribution < -0.4 is 0 Å². The van der Waals surface area contributed by atoms with Gasteiger partial charge in [0.2, 0.25) is 0 Å². The van der Waals surface area contributed by atoms with E-state index in [4.69, 9.17) is 9.47 Å². The van der Waals surface area contributed by atoms with Crippen molar-refractivity contribution in [3.05, 3.63) is 0 Å². The molecule has 0 saturated heterocycles. The lowest BCUT2D eigenvalue weighted by Gasteiger charge is -2.02. The van der Waals surface area contributed by atoms with Crippen molar-refractivity contribution in [2.24, 2.45) is 0 Å². The summed E-state index contributed by atoms with van der Waals surface area (Å²) in [6.07, 6.45) is 2.23. The van der Waals surface area contributed by atoms with Crippen molar-refractivity contribution in [2.75, 3.05) is 33.1 Å². The Balaban J connectivity index is 2.69. The van der Waals surface area contributed by atoms with Crippen LogP contribution in [0.1, 0.15) is 19.8 Å². The first-order chi connectivity index (χ1) is 5.41. The molecular weight excluding hydrogens is 147 g/mol. The third-order valence-corrected chi connectivity index (χ3v) is 1.24. The SMILES string of the molecule is CCCCOCCOCCF. The van der Waals surface area contributed by atoms with Crippen LogP contribution in [-0.2, 0) is 9.47 Å². The van der Waals surface area contributed by atoms with E-state index in [1.807, 2.05) is 0 Å². The number of halogens is 1. The van der Waals surface area contributed by atoms with Crippen molar-refractivity contribution >= 4 is 0 Å². The zero-order chi connectivity index (χ0) is 8.36. The molecule has 0 aliphatic rings. The third-order valence-electron chi connectivity index (χ3n) is 1.24. The smallest absolute Gasteiger partial charge is 0.113 e. The fraction of sp³-hybridized carbons (Fsp3) is 1.00. The first kappa shape index (κ1) is 10.8. The second kappa shape index (κ2) is 9.85. The van der Waals surface area contributed by atoms with E-state index in [1.165, 1.54) is 0 Å². The quantitative estimate of drug-likeness (QED) is 0.509. The van der Waals surface area contributed by atoms with E-state index in [2.05, 4.69) is 6.92 Å². The van der Waals surface area contributed by atoms with Crippen LogP contribution in [0, 0.1) is 0 Å². The minimum absolute atomic E-state index is 0.192. The Bertz CT molecular complexity index is 61.1. The van der Waals surface area contributed by atoms with Gasteiger partial charge in [0.25, 0.3) is 0 Å². The van der Waals surface area contributed by atoms with Crippen molar-refractivity contribution in [1.29, 1.82) is 0 Å². The summed E-state index contributed by atoms with van der Waals surface area (Å²) in [5.41, 5.74) is 0. The molecule has 2 nitrogen and oxygen atoms in total. The molecule has 68 valence electrons. The molecule has 0 atom stereocenters. The summed E-state index contributed by atoms with van der Waals surface area (Å²) in [4.78, 5) is 0. The molecule has 0 aliphatic carbocycles. The molecule has 0 unspecified atom stereocenters. The Kier molecular flexibility index (Phi) is 9.72.